The van der Waals surface area contributed by atoms with Crippen molar-refractivity contribution in [2.24, 2.45) is 0 Å². The molecule has 1 saturated heterocycles. The summed E-state index contributed by atoms with van der Waals surface area (Å²) in [6.07, 6.45) is 3.75. The highest BCUT2D eigenvalue weighted by molar-refractivity contribution is 5.68. The minimum atomic E-state index is -0.190. The molecule has 1 rings (SSSR count). The molecule has 0 radical (unpaired) electrons. The normalized spacial score (nSPS) is 27.4. The maximum atomic E-state index is 12.2. The fourth-order valence-corrected chi connectivity index (χ4v) is 2.83. The van der Waals surface area contributed by atoms with Crippen LogP contribution in [0.3, 0.4) is 0 Å². The molecule has 1 heterocycles. The fraction of sp³-hybridized carbons (Fsp3) is 0.929. The van der Waals surface area contributed by atoms with E-state index in [1.54, 1.807) is 7.11 Å². The minimum Gasteiger partial charge on any atom is -0.447 e. The lowest BCUT2D eigenvalue weighted by Gasteiger charge is -2.44. The van der Waals surface area contributed by atoms with Crippen LogP contribution in [0.25, 0.3) is 0 Å². The first-order valence-electron chi connectivity index (χ1n) is 7.29. The SMILES string of the molecule is CCC1CC(NC)CC(CC)N1C(=O)OCCOC. The predicted octanol–water partition coefficient (Wildman–Crippen LogP) is 2.01. The Labute approximate surface area is 116 Å². The molecule has 2 unspecified atom stereocenters. The summed E-state index contributed by atoms with van der Waals surface area (Å²) in [7, 11) is 3.60. The molecule has 1 aliphatic rings. The molecular weight excluding hydrogens is 244 g/mol. The molecule has 0 aromatic rings. The van der Waals surface area contributed by atoms with E-state index in [2.05, 4.69) is 19.2 Å². The van der Waals surface area contributed by atoms with Gasteiger partial charge in [0.2, 0.25) is 0 Å². The summed E-state index contributed by atoms with van der Waals surface area (Å²) in [5.74, 6) is 0. The third kappa shape index (κ3) is 4.35. The van der Waals surface area contributed by atoms with Gasteiger partial charge in [0.25, 0.3) is 0 Å². The fourth-order valence-electron chi connectivity index (χ4n) is 2.83. The first-order chi connectivity index (χ1) is 9.17. The number of piperidine rings is 1. The standard InChI is InChI=1S/C14H28N2O3/c1-5-12-9-11(15-3)10-13(6-2)16(12)14(17)19-8-7-18-4/h11-13,15H,5-10H2,1-4H3. The maximum Gasteiger partial charge on any atom is 0.410 e. The molecule has 0 aromatic heterocycles. The third-order valence-electron chi connectivity index (χ3n) is 3.97. The highest BCUT2D eigenvalue weighted by atomic mass is 16.6. The van der Waals surface area contributed by atoms with E-state index in [1.165, 1.54) is 0 Å². The Kier molecular flexibility index (Phi) is 7.16. The van der Waals surface area contributed by atoms with Crippen LogP contribution in [0.4, 0.5) is 4.79 Å². The Bertz CT molecular complexity index is 259. The molecule has 1 N–H and O–H groups in total. The van der Waals surface area contributed by atoms with E-state index >= 15 is 0 Å². The number of hydrogen-bond donors (Lipinski definition) is 1. The van der Waals surface area contributed by atoms with Gasteiger partial charge in [0.1, 0.15) is 6.61 Å². The second-order valence-corrected chi connectivity index (χ2v) is 5.10. The minimum absolute atomic E-state index is 0.190. The van der Waals surface area contributed by atoms with Gasteiger partial charge in [0.05, 0.1) is 6.61 Å². The number of carbonyl (C=O) groups is 1. The third-order valence-corrected chi connectivity index (χ3v) is 3.97. The Balaban J connectivity index is 2.67. The van der Waals surface area contributed by atoms with Crippen LogP contribution in [0.2, 0.25) is 0 Å². The molecule has 19 heavy (non-hydrogen) atoms. The van der Waals surface area contributed by atoms with Crippen LogP contribution in [-0.2, 0) is 9.47 Å². The smallest absolute Gasteiger partial charge is 0.410 e. The van der Waals surface area contributed by atoms with Crippen LogP contribution < -0.4 is 5.32 Å². The van der Waals surface area contributed by atoms with Crippen molar-refractivity contribution in [3.63, 3.8) is 0 Å². The van der Waals surface area contributed by atoms with Crippen molar-refractivity contribution in [2.75, 3.05) is 27.4 Å². The molecule has 0 spiro atoms. The number of likely N-dealkylation sites (tertiary alicyclic amines) is 1. The number of rotatable bonds is 6. The Morgan fingerprint density at radius 1 is 1.21 bits per heavy atom. The summed E-state index contributed by atoms with van der Waals surface area (Å²) in [6.45, 7) is 5.04. The number of nitrogens with one attached hydrogen (secondary N) is 1. The summed E-state index contributed by atoms with van der Waals surface area (Å²) in [5, 5.41) is 3.35. The van der Waals surface area contributed by atoms with E-state index in [9.17, 15) is 4.79 Å². The average molecular weight is 272 g/mol. The van der Waals surface area contributed by atoms with Gasteiger partial charge in [0, 0.05) is 25.2 Å². The van der Waals surface area contributed by atoms with Gasteiger partial charge in [-0.1, -0.05) is 13.8 Å². The van der Waals surface area contributed by atoms with E-state index in [0.29, 0.717) is 19.3 Å². The molecule has 112 valence electrons. The summed E-state index contributed by atoms with van der Waals surface area (Å²) in [5.41, 5.74) is 0. The lowest BCUT2D eigenvalue weighted by molar-refractivity contribution is 0.0237. The van der Waals surface area contributed by atoms with Crippen LogP contribution in [-0.4, -0.2) is 56.5 Å². The number of carbonyl (C=O) groups excluding carboxylic acids is 1. The van der Waals surface area contributed by atoms with E-state index in [1.807, 2.05) is 11.9 Å². The molecule has 1 fully saturated rings. The number of hydrogen-bond acceptors (Lipinski definition) is 4. The first-order valence-corrected chi connectivity index (χ1v) is 7.29. The van der Waals surface area contributed by atoms with Gasteiger partial charge in [-0.05, 0) is 32.7 Å². The number of nitrogens with zero attached hydrogens (tertiary/aromatic N) is 1. The van der Waals surface area contributed by atoms with Gasteiger partial charge in [-0.15, -0.1) is 0 Å². The molecule has 5 heteroatoms. The molecule has 0 aromatic carbocycles. The Morgan fingerprint density at radius 3 is 2.21 bits per heavy atom. The van der Waals surface area contributed by atoms with Crippen molar-refractivity contribution in [1.82, 2.24) is 10.2 Å². The molecule has 0 bridgehead atoms. The summed E-state index contributed by atoms with van der Waals surface area (Å²) >= 11 is 0. The van der Waals surface area contributed by atoms with Crippen LogP contribution in [0, 0.1) is 0 Å². The molecule has 0 aliphatic carbocycles. The van der Waals surface area contributed by atoms with Crippen molar-refractivity contribution >= 4 is 6.09 Å². The predicted molar refractivity (Wildman–Crippen MR) is 75.3 cm³/mol. The molecule has 1 amide bonds. The van der Waals surface area contributed by atoms with Crippen LogP contribution >= 0.6 is 0 Å². The molecule has 0 saturated carbocycles. The van der Waals surface area contributed by atoms with Gasteiger partial charge < -0.3 is 19.7 Å². The van der Waals surface area contributed by atoms with Crippen molar-refractivity contribution in [3.8, 4) is 0 Å². The van der Waals surface area contributed by atoms with E-state index in [4.69, 9.17) is 9.47 Å². The Morgan fingerprint density at radius 2 is 1.79 bits per heavy atom. The van der Waals surface area contributed by atoms with Gasteiger partial charge in [-0.3, -0.25) is 0 Å². The van der Waals surface area contributed by atoms with Gasteiger partial charge >= 0.3 is 6.09 Å². The summed E-state index contributed by atoms with van der Waals surface area (Å²) < 4.78 is 10.2. The Hall–Kier alpha value is -0.810. The van der Waals surface area contributed by atoms with Crippen molar-refractivity contribution in [2.45, 2.75) is 57.7 Å². The van der Waals surface area contributed by atoms with Gasteiger partial charge in [-0.25, -0.2) is 4.79 Å². The number of methoxy groups -OCH3 is 1. The monoisotopic (exact) mass is 272 g/mol. The largest absolute Gasteiger partial charge is 0.447 e. The zero-order valence-electron chi connectivity index (χ0n) is 12.6. The molecule has 1 aliphatic heterocycles. The zero-order chi connectivity index (χ0) is 14.3. The molecule has 5 nitrogen and oxygen atoms in total. The first kappa shape index (κ1) is 16.2. The highest BCUT2D eigenvalue weighted by Crippen LogP contribution is 2.27. The highest BCUT2D eigenvalue weighted by Gasteiger charge is 2.37. The average Bonchev–Trinajstić information content (AvgIpc) is 2.45. The van der Waals surface area contributed by atoms with Crippen molar-refractivity contribution in [1.29, 1.82) is 0 Å². The number of ether oxygens (including phenoxy) is 2. The molecule has 2 atom stereocenters. The second-order valence-electron chi connectivity index (χ2n) is 5.10. The second kappa shape index (κ2) is 8.38. The van der Waals surface area contributed by atoms with Crippen LogP contribution in [0.1, 0.15) is 39.5 Å². The maximum absolute atomic E-state index is 12.2. The van der Waals surface area contributed by atoms with Crippen LogP contribution in [0.15, 0.2) is 0 Å². The van der Waals surface area contributed by atoms with Gasteiger partial charge in [0.15, 0.2) is 0 Å². The van der Waals surface area contributed by atoms with E-state index < -0.39 is 0 Å². The summed E-state index contributed by atoms with van der Waals surface area (Å²) in [6, 6.07) is 1.04. The van der Waals surface area contributed by atoms with Crippen LogP contribution in [0.5, 0.6) is 0 Å². The summed E-state index contributed by atoms with van der Waals surface area (Å²) in [4.78, 5) is 14.2. The molecular formula is C14H28N2O3. The van der Waals surface area contributed by atoms with Gasteiger partial charge in [-0.2, -0.15) is 0 Å². The van der Waals surface area contributed by atoms with E-state index in [-0.39, 0.29) is 18.2 Å². The topological polar surface area (TPSA) is 50.8 Å². The lowest BCUT2D eigenvalue weighted by atomic mass is 9.89. The zero-order valence-corrected chi connectivity index (χ0v) is 12.6. The van der Waals surface area contributed by atoms with Crippen molar-refractivity contribution in [3.05, 3.63) is 0 Å². The van der Waals surface area contributed by atoms with Crippen molar-refractivity contribution < 1.29 is 14.3 Å². The quantitative estimate of drug-likeness (QED) is 0.752. The number of amides is 1. The van der Waals surface area contributed by atoms with E-state index in [0.717, 1.165) is 25.7 Å². The lowest BCUT2D eigenvalue weighted by Crippen LogP contribution is -2.55.